The van der Waals surface area contributed by atoms with Crippen LogP contribution in [0.5, 0.6) is 0 Å². The molecule has 8 heavy (non-hydrogen) atoms. The van der Waals surface area contributed by atoms with Gasteiger partial charge in [0.25, 0.3) is 0 Å². The van der Waals surface area contributed by atoms with Gasteiger partial charge in [-0.05, 0) is 6.42 Å². The summed E-state index contributed by atoms with van der Waals surface area (Å²) >= 11 is 0. The molecule has 0 heterocycles. The van der Waals surface area contributed by atoms with E-state index in [-0.39, 0.29) is 0 Å². The first-order chi connectivity index (χ1) is 3.81. The maximum Gasteiger partial charge on any atom is 0.210 e. The quantitative estimate of drug-likeness (QED) is 0.397. The zero-order chi connectivity index (χ0) is 6.41. The Bertz CT molecular complexity index is 77.7. The monoisotopic (exact) mass is 114 g/mol. The van der Waals surface area contributed by atoms with Crippen LogP contribution in [0.1, 0.15) is 13.3 Å². The zero-order valence-corrected chi connectivity index (χ0v) is 5.39. The van der Waals surface area contributed by atoms with E-state index >= 15 is 0 Å². The van der Waals surface area contributed by atoms with E-state index in [1.807, 2.05) is 6.92 Å². The minimum atomic E-state index is 0.395. The molecule has 2 N–H and O–H groups in total. The molecule has 0 spiro atoms. The molecule has 0 fully saturated rings. The van der Waals surface area contributed by atoms with Crippen LogP contribution in [0.4, 0.5) is 0 Å². The summed E-state index contributed by atoms with van der Waals surface area (Å²) < 4.78 is 0. The van der Waals surface area contributed by atoms with Crippen molar-refractivity contribution in [3.05, 3.63) is 0 Å². The number of nitrogens with two attached hydrogens (primary N) is 1. The van der Waals surface area contributed by atoms with Crippen molar-refractivity contribution in [2.45, 2.75) is 13.3 Å². The molecule has 0 amide bonds. The van der Waals surface area contributed by atoms with Gasteiger partial charge in [-0.3, -0.25) is 10.3 Å². The molecular formula is C5H12N3. The Morgan fingerprint density at radius 2 is 2.25 bits per heavy atom. The van der Waals surface area contributed by atoms with Gasteiger partial charge < -0.3 is 5.73 Å². The molecule has 0 rings (SSSR count). The normalized spacial score (nSPS) is 11.5. The molecule has 47 valence electrons. The average molecular weight is 114 g/mol. The summed E-state index contributed by atoms with van der Waals surface area (Å²) in [5.41, 5.74) is 5.24. The van der Waals surface area contributed by atoms with Crippen molar-refractivity contribution >= 4 is 5.96 Å². The maximum atomic E-state index is 5.24. The Labute approximate surface area is 50.0 Å². The third-order valence-corrected chi connectivity index (χ3v) is 0.727. The highest BCUT2D eigenvalue weighted by Gasteiger charge is 1.85. The van der Waals surface area contributed by atoms with Crippen molar-refractivity contribution in [1.29, 1.82) is 0 Å². The molecule has 3 nitrogen and oxygen atoms in total. The van der Waals surface area contributed by atoms with Crippen LogP contribution >= 0.6 is 0 Å². The lowest BCUT2D eigenvalue weighted by atomic mass is 10.5. The molecule has 0 saturated carbocycles. The van der Waals surface area contributed by atoms with Crippen LogP contribution in [0.3, 0.4) is 0 Å². The Morgan fingerprint density at radius 1 is 1.62 bits per heavy atom. The van der Waals surface area contributed by atoms with E-state index < -0.39 is 0 Å². The van der Waals surface area contributed by atoms with Gasteiger partial charge in [0.2, 0.25) is 5.96 Å². The number of guanidine groups is 1. The Balaban J connectivity index is 3.12. The zero-order valence-electron chi connectivity index (χ0n) is 5.39. The first-order valence-electron chi connectivity index (χ1n) is 2.71. The van der Waals surface area contributed by atoms with Crippen LogP contribution in [0.25, 0.3) is 0 Å². The van der Waals surface area contributed by atoms with E-state index in [1.165, 1.54) is 0 Å². The molecule has 0 aromatic carbocycles. The van der Waals surface area contributed by atoms with Crippen molar-refractivity contribution in [2.24, 2.45) is 10.7 Å². The van der Waals surface area contributed by atoms with Gasteiger partial charge in [-0.1, -0.05) is 6.92 Å². The third-order valence-electron chi connectivity index (χ3n) is 0.727. The van der Waals surface area contributed by atoms with E-state index in [0.717, 1.165) is 13.0 Å². The van der Waals surface area contributed by atoms with Crippen molar-refractivity contribution in [3.8, 4) is 0 Å². The van der Waals surface area contributed by atoms with Crippen LogP contribution in [0, 0.1) is 0 Å². The Kier molecular flexibility index (Phi) is 4.03. The molecule has 0 aliphatic rings. The fourth-order valence-corrected chi connectivity index (χ4v) is 0.297. The maximum absolute atomic E-state index is 5.24. The summed E-state index contributed by atoms with van der Waals surface area (Å²) in [6, 6.07) is 0. The van der Waals surface area contributed by atoms with E-state index in [0.29, 0.717) is 5.96 Å². The molecule has 0 atom stereocenters. The van der Waals surface area contributed by atoms with Crippen LogP contribution in [0.2, 0.25) is 0 Å². The lowest BCUT2D eigenvalue weighted by molar-refractivity contribution is 0.820. The predicted octanol–water partition coefficient (Wildman–Crippen LogP) is -0.0547. The molecule has 3 heteroatoms. The minimum absolute atomic E-state index is 0.395. The fourth-order valence-electron chi connectivity index (χ4n) is 0.297. The van der Waals surface area contributed by atoms with Gasteiger partial charge in [-0.15, -0.1) is 0 Å². The largest absolute Gasteiger partial charge is 0.368 e. The lowest BCUT2D eigenvalue weighted by Gasteiger charge is -1.95. The van der Waals surface area contributed by atoms with E-state index in [2.05, 4.69) is 10.3 Å². The molecule has 0 aliphatic heterocycles. The number of hydrogen-bond acceptors (Lipinski definition) is 1. The number of nitrogens with zero attached hydrogens (tertiary/aromatic N) is 2. The minimum Gasteiger partial charge on any atom is -0.368 e. The molecule has 0 saturated heterocycles. The molecular weight excluding hydrogens is 102 g/mol. The van der Waals surface area contributed by atoms with Crippen LogP contribution < -0.4 is 11.1 Å². The Morgan fingerprint density at radius 3 is 2.62 bits per heavy atom. The highest BCUT2D eigenvalue weighted by Crippen LogP contribution is 1.70. The standard InChI is InChI=1S/C5H12N3/c1-3-4-8-5(6)7-2/h3-4H2,1-2H3,(H2,6,7). The van der Waals surface area contributed by atoms with Gasteiger partial charge in [0.05, 0.1) is 0 Å². The van der Waals surface area contributed by atoms with E-state index in [4.69, 9.17) is 5.73 Å². The topological polar surface area (TPSA) is 52.5 Å². The van der Waals surface area contributed by atoms with Crippen LogP contribution in [0.15, 0.2) is 4.99 Å². The number of hydrogen-bond donors (Lipinski definition) is 1. The second-order valence-electron chi connectivity index (χ2n) is 1.46. The summed E-state index contributed by atoms with van der Waals surface area (Å²) in [5.74, 6) is 0.395. The van der Waals surface area contributed by atoms with Gasteiger partial charge in [0, 0.05) is 13.6 Å². The van der Waals surface area contributed by atoms with Crippen molar-refractivity contribution < 1.29 is 0 Å². The molecule has 0 bridgehead atoms. The number of aliphatic imine (C=N–C) groups is 1. The van der Waals surface area contributed by atoms with Gasteiger partial charge in [0.15, 0.2) is 0 Å². The van der Waals surface area contributed by atoms with E-state index in [1.54, 1.807) is 7.05 Å². The molecule has 0 aliphatic carbocycles. The van der Waals surface area contributed by atoms with Crippen molar-refractivity contribution in [3.63, 3.8) is 0 Å². The van der Waals surface area contributed by atoms with E-state index in [9.17, 15) is 0 Å². The second kappa shape index (κ2) is 4.43. The van der Waals surface area contributed by atoms with Gasteiger partial charge >= 0.3 is 0 Å². The fraction of sp³-hybridized carbons (Fsp3) is 0.800. The average Bonchev–Trinajstić information content (AvgIpc) is 1.83. The van der Waals surface area contributed by atoms with Gasteiger partial charge in [-0.2, -0.15) is 0 Å². The van der Waals surface area contributed by atoms with Crippen molar-refractivity contribution in [2.75, 3.05) is 13.6 Å². The molecule has 0 aromatic heterocycles. The summed E-state index contributed by atoms with van der Waals surface area (Å²) in [5, 5.41) is 3.89. The van der Waals surface area contributed by atoms with Crippen LogP contribution in [-0.2, 0) is 0 Å². The summed E-state index contributed by atoms with van der Waals surface area (Å²) in [4.78, 5) is 3.65. The highest BCUT2D eigenvalue weighted by molar-refractivity contribution is 5.77. The van der Waals surface area contributed by atoms with Crippen LogP contribution in [-0.4, -0.2) is 19.6 Å². The second-order valence-corrected chi connectivity index (χ2v) is 1.46. The first kappa shape index (κ1) is 7.27. The summed E-state index contributed by atoms with van der Waals surface area (Å²) in [7, 11) is 1.63. The Hall–Kier alpha value is -0.730. The molecule has 1 radical (unpaired) electrons. The predicted molar refractivity (Wildman–Crippen MR) is 34.8 cm³/mol. The third kappa shape index (κ3) is 3.46. The first-order valence-corrected chi connectivity index (χ1v) is 2.71. The molecule has 0 unspecified atom stereocenters. The highest BCUT2D eigenvalue weighted by atomic mass is 15.1. The van der Waals surface area contributed by atoms with Crippen molar-refractivity contribution in [1.82, 2.24) is 5.32 Å². The smallest absolute Gasteiger partial charge is 0.210 e. The summed E-state index contributed by atoms with van der Waals surface area (Å²) in [6.07, 6.45) is 1.02. The van der Waals surface area contributed by atoms with Gasteiger partial charge in [0.1, 0.15) is 0 Å². The SMILES string of the molecule is CCC[N]C(N)=NC. The van der Waals surface area contributed by atoms with Gasteiger partial charge in [-0.25, -0.2) is 0 Å². The summed E-state index contributed by atoms with van der Waals surface area (Å²) in [6.45, 7) is 2.83. The number of rotatable bonds is 2. The lowest BCUT2D eigenvalue weighted by Crippen LogP contribution is -2.25. The molecule has 0 aromatic rings.